The molecule has 3 heteroatoms. The number of hydrogen-bond donors (Lipinski definition) is 0. The molecule has 3 atom stereocenters. The van der Waals surface area contributed by atoms with Crippen LogP contribution in [0.15, 0.2) is 18.2 Å². The van der Waals surface area contributed by atoms with Gasteiger partial charge in [0.1, 0.15) is 0 Å². The van der Waals surface area contributed by atoms with Gasteiger partial charge >= 0.3 is 0 Å². The number of fused-ring (bicyclic) bond motifs is 1. The highest BCUT2D eigenvalue weighted by molar-refractivity contribution is 6.21. The Hall–Kier alpha value is -0.890. The minimum Gasteiger partial charge on any atom is -0.489 e. The first kappa shape index (κ1) is 13.1. The molecule has 2 aliphatic rings. The van der Waals surface area contributed by atoms with E-state index in [0.717, 1.165) is 17.1 Å². The molecule has 0 amide bonds. The molecule has 104 valence electrons. The van der Waals surface area contributed by atoms with E-state index < -0.39 is 0 Å². The van der Waals surface area contributed by atoms with Crippen LogP contribution >= 0.6 is 11.6 Å². The van der Waals surface area contributed by atoms with Gasteiger partial charge in [0.2, 0.25) is 0 Å². The number of alkyl halides is 1. The van der Waals surface area contributed by atoms with E-state index >= 15 is 0 Å². The van der Waals surface area contributed by atoms with Crippen molar-refractivity contribution in [2.75, 3.05) is 13.2 Å². The molecule has 1 aromatic carbocycles. The molecule has 0 N–H and O–H groups in total. The van der Waals surface area contributed by atoms with Crippen molar-refractivity contribution in [3.8, 4) is 11.5 Å². The number of hydrogen-bond acceptors (Lipinski definition) is 2. The summed E-state index contributed by atoms with van der Waals surface area (Å²) in [6.45, 7) is 8.10. The third kappa shape index (κ3) is 2.55. The van der Waals surface area contributed by atoms with Crippen molar-refractivity contribution in [3.05, 3.63) is 23.8 Å². The molecule has 19 heavy (non-hydrogen) atoms. The fourth-order valence-electron chi connectivity index (χ4n) is 2.68. The predicted octanol–water partition coefficient (Wildman–Crippen LogP) is 4.42. The topological polar surface area (TPSA) is 18.5 Å². The summed E-state index contributed by atoms with van der Waals surface area (Å²) in [7, 11) is 0. The van der Waals surface area contributed by atoms with Crippen LogP contribution in [-0.2, 0) is 0 Å². The molecule has 0 saturated heterocycles. The predicted molar refractivity (Wildman–Crippen MR) is 77.1 cm³/mol. The van der Waals surface area contributed by atoms with E-state index in [1.54, 1.807) is 0 Å². The van der Waals surface area contributed by atoms with Crippen molar-refractivity contribution >= 4 is 11.6 Å². The van der Waals surface area contributed by atoms with Gasteiger partial charge in [0.15, 0.2) is 11.5 Å². The van der Waals surface area contributed by atoms with Gasteiger partial charge in [0.05, 0.1) is 18.6 Å². The Morgan fingerprint density at radius 3 is 2.47 bits per heavy atom. The van der Waals surface area contributed by atoms with Crippen LogP contribution < -0.4 is 9.47 Å². The molecule has 0 bridgehead atoms. The summed E-state index contributed by atoms with van der Waals surface area (Å²) in [5.41, 5.74) is 1.53. The Morgan fingerprint density at radius 2 is 1.84 bits per heavy atom. The summed E-state index contributed by atoms with van der Waals surface area (Å²) < 4.78 is 11.6. The van der Waals surface area contributed by atoms with Crippen LogP contribution in [0.25, 0.3) is 0 Å². The van der Waals surface area contributed by atoms with Crippen molar-refractivity contribution in [2.24, 2.45) is 17.3 Å². The van der Waals surface area contributed by atoms with Crippen molar-refractivity contribution in [3.63, 3.8) is 0 Å². The second-order valence-electron chi connectivity index (χ2n) is 6.63. The highest BCUT2D eigenvalue weighted by atomic mass is 35.5. The average molecular weight is 281 g/mol. The zero-order valence-electron chi connectivity index (χ0n) is 11.8. The highest BCUT2D eigenvalue weighted by Crippen LogP contribution is 2.60. The first-order valence-corrected chi connectivity index (χ1v) is 7.44. The number of halogens is 1. The summed E-state index contributed by atoms with van der Waals surface area (Å²) >= 11 is 6.60. The molecule has 0 radical (unpaired) electrons. The molecular weight excluding hydrogens is 260 g/mol. The SMILES string of the molecule is CC1COc2ccc(C(Cl)C3CC3(C)C)cc2OC1. The summed E-state index contributed by atoms with van der Waals surface area (Å²) in [4.78, 5) is 0. The molecule has 3 unspecified atom stereocenters. The van der Waals surface area contributed by atoms with Crippen LogP contribution in [0.1, 0.15) is 38.1 Å². The lowest BCUT2D eigenvalue weighted by Gasteiger charge is -2.14. The van der Waals surface area contributed by atoms with Crippen molar-refractivity contribution in [1.29, 1.82) is 0 Å². The third-order valence-corrected chi connectivity index (χ3v) is 4.83. The molecular formula is C16H21ClO2. The van der Waals surface area contributed by atoms with Gasteiger partial charge in [0, 0.05) is 5.92 Å². The Labute approximate surface area is 120 Å². The Kier molecular flexibility index (Phi) is 3.17. The zero-order valence-corrected chi connectivity index (χ0v) is 12.5. The van der Waals surface area contributed by atoms with Gasteiger partial charge in [-0.1, -0.05) is 26.8 Å². The molecule has 1 fully saturated rings. The van der Waals surface area contributed by atoms with Gasteiger partial charge < -0.3 is 9.47 Å². The maximum atomic E-state index is 6.60. The lowest BCUT2D eigenvalue weighted by Crippen LogP contribution is -2.12. The molecule has 1 aliphatic heterocycles. The maximum absolute atomic E-state index is 6.60. The third-order valence-electron chi connectivity index (χ3n) is 4.28. The van der Waals surface area contributed by atoms with Crippen LogP contribution in [0.2, 0.25) is 0 Å². The maximum Gasteiger partial charge on any atom is 0.161 e. The molecule has 0 spiro atoms. The number of rotatable bonds is 2. The molecule has 1 aliphatic carbocycles. The number of benzene rings is 1. The van der Waals surface area contributed by atoms with E-state index in [1.807, 2.05) is 6.07 Å². The Bertz CT molecular complexity index is 484. The van der Waals surface area contributed by atoms with Crippen LogP contribution in [0, 0.1) is 17.3 Å². The second-order valence-corrected chi connectivity index (χ2v) is 7.10. The lowest BCUT2D eigenvalue weighted by molar-refractivity contribution is 0.228. The normalized spacial score (nSPS) is 29.5. The lowest BCUT2D eigenvalue weighted by atomic mass is 10.0. The van der Waals surface area contributed by atoms with Crippen LogP contribution in [-0.4, -0.2) is 13.2 Å². The quantitative estimate of drug-likeness (QED) is 0.747. The minimum absolute atomic E-state index is 0.0737. The average Bonchev–Trinajstić information content (AvgIpc) is 3.06. The van der Waals surface area contributed by atoms with Crippen molar-refractivity contribution in [1.82, 2.24) is 0 Å². The fourth-order valence-corrected chi connectivity index (χ4v) is 3.25. The van der Waals surface area contributed by atoms with Crippen LogP contribution in [0.5, 0.6) is 11.5 Å². The van der Waals surface area contributed by atoms with Gasteiger partial charge in [0.25, 0.3) is 0 Å². The summed E-state index contributed by atoms with van der Waals surface area (Å²) in [6, 6.07) is 6.12. The van der Waals surface area contributed by atoms with Gasteiger partial charge in [-0.05, 0) is 35.4 Å². The van der Waals surface area contributed by atoms with Gasteiger partial charge in [-0.3, -0.25) is 0 Å². The van der Waals surface area contributed by atoms with Gasteiger partial charge in [-0.15, -0.1) is 11.6 Å². The summed E-state index contributed by atoms with van der Waals surface area (Å²) in [5, 5.41) is 0.0737. The van der Waals surface area contributed by atoms with Crippen LogP contribution in [0.3, 0.4) is 0 Å². The first-order chi connectivity index (χ1) is 8.97. The Balaban J connectivity index is 1.82. The highest BCUT2D eigenvalue weighted by Gasteiger charge is 2.50. The molecule has 3 rings (SSSR count). The molecule has 1 saturated carbocycles. The van der Waals surface area contributed by atoms with Crippen LogP contribution in [0.4, 0.5) is 0 Å². The molecule has 2 nitrogen and oxygen atoms in total. The van der Waals surface area contributed by atoms with E-state index in [-0.39, 0.29) is 5.38 Å². The first-order valence-electron chi connectivity index (χ1n) is 7.01. The Morgan fingerprint density at radius 1 is 1.21 bits per heavy atom. The van der Waals surface area contributed by atoms with Crippen molar-refractivity contribution < 1.29 is 9.47 Å². The molecule has 1 aromatic rings. The van der Waals surface area contributed by atoms with Gasteiger partial charge in [-0.2, -0.15) is 0 Å². The van der Waals surface area contributed by atoms with E-state index in [0.29, 0.717) is 30.5 Å². The fraction of sp³-hybridized carbons (Fsp3) is 0.625. The van der Waals surface area contributed by atoms with Crippen molar-refractivity contribution in [2.45, 2.75) is 32.6 Å². The smallest absolute Gasteiger partial charge is 0.161 e. The monoisotopic (exact) mass is 280 g/mol. The standard InChI is InChI=1S/C16H21ClO2/c1-10-8-18-13-5-4-11(6-14(13)19-9-10)15(17)12-7-16(12,2)3/h4-6,10,12,15H,7-9H2,1-3H3. The largest absolute Gasteiger partial charge is 0.489 e. The van der Waals surface area contributed by atoms with E-state index in [2.05, 4.69) is 32.9 Å². The molecule has 0 aromatic heterocycles. The van der Waals surface area contributed by atoms with E-state index in [1.165, 1.54) is 6.42 Å². The van der Waals surface area contributed by atoms with E-state index in [9.17, 15) is 0 Å². The zero-order chi connectivity index (χ0) is 13.6. The minimum atomic E-state index is 0.0737. The summed E-state index contributed by atoms with van der Waals surface area (Å²) in [6.07, 6.45) is 1.20. The van der Waals surface area contributed by atoms with E-state index in [4.69, 9.17) is 21.1 Å². The number of ether oxygens (including phenoxy) is 2. The second kappa shape index (κ2) is 4.59. The molecule has 1 heterocycles. The van der Waals surface area contributed by atoms with Gasteiger partial charge in [-0.25, -0.2) is 0 Å². The summed E-state index contributed by atoms with van der Waals surface area (Å²) in [5.74, 6) is 2.67.